The van der Waals surface area contributed by atoms with Gasteiger partial charge in [-0.2, -0.15) is 0 Å². The summed E-state index contributed by atoms with van der Waals surface area (Å²) in [4.78, 5) is 37.3. The van der Waals surface area contributed by atoms with Crippen molar-refractivity contribution in [3.63, 3.8) is 0 Å². The van der Waals surface area contributed by atoms with Gasteiger partial charge in [0.15, 0.2) is 11.6 Å². The van der Waals surface area contributed by atoms with E-state index in [1.54, 1.807) is 35.1 Å². The third-order valence-corrected chi connectivity index (χ3v) is 11.1. The Kier molecular flexibility index (Phi) is 9.44. The fourth-order valence-electron chi connectivity index (χ4n) is 7.41. The number of nitrogens with zero attached hydrogens (tertiary/aromatic N) is 4. The Balaban J connectivity index is 1.06. The van der Waals surface area contributed by atoms with Crippen LogP contribution in [0.4, 0.5) is 13.2 Å². The number of aromatic nitrogens is 3. The van der Waals surface area contributed by atoms with Crippen molar-refractivity contribution < 1.29 is 27.8 Å². The Hall–Kier alpha value is -4.26. The van der Waals surface area contributed by atoms with Gasteiger partial charge in [0.1, 0.15) is 24.0 Å². The monoisotopic (exact) mass is 722 g/mol. The number of carboxylic acids is 1. The summed E-state index contributed by atoms with van der Waals surface area (Å²) in [5.74, 6) is -3.09. The number of thiophene rings is 1. The maximum atomic E-state index is 14.5. The molecule has 1 aliphatic heterocycles. The van der Waals surface area contributed by atoms with E-state index in [1.165, 1.54) is 11.3 Å². The minimum absolute atomic E-state index is 0.0923. The zero-order valence-electron chi connectivity index (χ0n) is 27.4. The molecule has 2 aromatic carbocycles. The summed E-state index contributed by atoms with van der Waals surface area (Å²) >= 11 is 7.71. The summed E-state index contributed by atoms with van der Waals surface area (Å²) in [6.07, 6.45) is 3.17. The fourth-order valence-corrected chi connectivity index (χ4v) is 8.59. The highest BCUT2D eigenvalue weighted by Gasteiger charge is 2.32. The summed E-state index contributed by atoms with van der Waals surface area (Å²) in [6, 6.07) is 8.92. The molecule has 5 aromatic rings. The van der Waals surface area contributed by atoms with E-state index < -0.39 is 23.4 Å². The lowest BCUT2D eigenvalue weighted by atomic mass is 9.85. The van der Waals surface area contributed by atoms with Gasteiger partial charge in [0.05, 0.1) is 28.0 Å². The summed E-state index contributed by atoms with van der Waals surface area (Å²) in [5.41, 5.74) is 4.13. The first-order chi connectivity index (χ1) is 24.0. The van der Waals surface area contributed by atoms with Crippen LogP contribution in [0.15, 0.2) is 46.6 Å². The van der Waals surface area contributed by atoms with Gasteiger partial charge in [-0.1, -0.05) is 11.6 Å². The predicted molar refractivity (Wildman–Crippen MR) is 186 cm³/mol. The van der Waals surface area contributed by atoms with Gasteiger partial charge in [-0.15, -0.1) is 11.3 Å². The van der Waals surface area contributed by atoms with Crippen molar-refractivity contribution in [3.05, 3.63) is 109 Å². The van der Waals surface area contributed by atoms with Crippen LogP contribution in [0.25, 0.3) is 21.3 Å². The number of likely N-dealkylation sites (tertiary alicyclic amines) is 1. The molecule has 0 saturated carbocycles. The largest absolute Gasteiger partial charge is 0.491 e. The first-order valence-electron chi connectivity index (χ1n) is 16.5. The molecule has 2 aliphatic rings. The van der Waals surface area contributed by atoms with E-state index in [-0.39, 0.29) is 41.8 Å². The summed E-state index contributed by atoms with van der Waals surface area (Å²) < 4.78 is 50.8. The summed E-state index contributed by atoms with van der Waals surface area (Å²) in [7, 11) is 0. The third kappa shape index (κ3) is 6.52. The maximum Gasteiger partial charge on any atom is 0.338 e. The van der Waals surface area contributed by atoms with Crippen LogP contribution in [0, 0.1) is 31.3 Å². The van der Waals surface area contributed by atoms with Gasteiger partial charge in [-0.05, 0) is 101 Å². The van der Waals surface area contributed by atoms with Crippen LogP contribution >= 0.6 is 22.9 Å². The molecule has 0 radical (unpaired) electrons. The molecule has 3 aromatic heterocycles. The standard InChI is InChI=1S/C37H34ClF3N4O4S/c1-19-13-27(35-34(42-19)29(18-50-35)37(47)48)26-14-22(38)3-6-32(26)49-12-11-45-20(2)43-31-5-4-24(17-28(31)36(45)46)44-9-7-21(8-10-44)25-15-23(39)16-30(40)33(25)41/h3,6,13-16,18,21,24H,4-5,7-12,17H2,1-2H3,(H,47,48)/t24-/m1/s1. The molecule has 1 fully saturated rings. The lowest BCUT2D eigenvalue weighted by molar-refractivity contribution is 0.0699. The van der Waals surface area contributed by atoms with Crippen LogP contribution in [-0.2, 0) is 19.4 Å². The highest BCUT2D eigenvalue weighted by Crippen LogP contribution is 2.40. The van der Waals surface area contributed by atoms with Crippen molar-refractivity contribution in [1.29, 1.82) is 0 Å². The number of aromatic carboxylic acids is 1. The first kappa shape index (κ1) is 34.2. The molecule has 1 N–H and O–H groups in total. The molecule has 7 rings (SSSR count). The second-order valence-electron chi connectivity index (χ2n) is 13.0. The van der Waals surface area contributed by atoms with E-state index in [0.717, 1.165) is 23.7 Å². The summed E-state index contributed by atoms with van der Waals surface area (Å²) in [5, 5.41) is 11.7. The molecule has 50 heavy (non-hydrogen) atoms. The zero-order valence-corrected chi connectivity index (χ0v) is 29.0. The van der Waals surface area contributed by atoms with Crippen molar-refractivity contribution in [2.45, 2.75) is 64.5 Å². The van der Waals surface area contributed by atoms with Crippen molar-refractivity contribution in [3.8, 4) is 16.9 Å². The maximum absolute atomic E-state index is 14.5. The lowest BCUT2D eigenvalue weighted by Gasteiger charge is -2.39. The first-order valence-corrected chi connectivity index (χ1v) is 17.8. The summed E-state index contributed by atoms with van der Waals surface area (Å²) in [6.45, 7) is 5.32. The van der Waals surface area contributed by atoms with Crippen LogP contribution in [-0.4, -0.2) is 56.2 Å². The molecular weight excluding hydrogens is 689 g/mol. The number of carbonyl (C=O) groups is 1. The van der Waals surface area contributed by atoms with Crippen LogP contribution in [0.1, 0.15) is 63.9 Å². The Bertz CT molecular complexity index is 2200. The van der Waals surface area contributed by atoms with E-state index in [9.17, 15) is 27.9 Å². The van der Waals surface area contributed by atoms with E-state index in [4.69, 9.17) is 21.3 Å². The molecular formula is C37H34ClF3N4O4S. The molecule has 1 aliphatic carbocycles. The smallest absolute Gasteiger partial charge is 0.338 e. The van der Waals surface area contributed by atoms with Crippen molar-refractivity contribution in [1.82, 2.24) is 19.4 Å². The Morgan fingerprint density at radius 1 is 1.06 bits per heavy atom. The van der Waals surface area contributed by atoms with Crippen LogP contribution in [0.5, 0.6) is 5.75 Å². The molecule has 0 amide bonds. The Morgan fingerprint density at radius 3 is 2.60 bits per heavy atom. The number of benzene rings is 2. The second-order valence-corrected chi connectivity index (χ2v) is 14.3. The number of carboxylic acid groups (broad SMARTS) is 1. The molecule has 1 saturated heterocycles. The second kappa shape index (κ2) is 13.8. The van der Waals surface area contributed by atoms with Gasteiger partial charge in [-0.25, -0.2) is 22.9 Å². The van der Waals surface area contributed by atoms with E-state index in [2.05, 4.69) is 9.88 Å². The number of ether oxygens (including phenoxy) is 1. The molecule has 0 spiro atoms. The SMILES string of the molecule is Cc1cc(-c2cc(Cl)ccc2OCCn2c(C)nc3c(c2=O)C[C@H](N2CCC(c4cc(F)cc(F)c4F)CC2)CC3)c2scc(C(=O)O)c2n1. The highest BCUT2D eigenvalue weighted by molar-refractivity contribution is 7.18. The van der Waals surface area contributed by atoms with Crippen molar-refractivity contribution in [2.24, 2.45) is 0 Å². The highest BCUT2D eigenvalue weighted by atomic mass is 35.5. The minimum atomic E-state index is -1.16. The topological polar surface area (TPSA) is 97.6 Å². The number of hydrogen-bond acceptors (Lipinski definition) is 7. The number of rotatable bonds is 8. The normalized spacial score (nSPS) is 16.9. The van der Waals surface area contributed by atoms with Gasteiger partial charge < -0.3 is 9.84 Å². The fraction of sp³-hybridized carbons (Fsp3) is 0.351. The molecule has 1 atom stereocenters. The molecule has 260 valence electrons. The Labute approximate surface area is 295 Å². The van der Waals surface area contributed by atoms with Crippen LogP contribution in [0.3, 0.4) is 0 Å². The van der Waals surface area contributed by atoms with Crippen molar-refractivity contribution >= 4 is 39.1 Å². The number of pyridine rings is 1. The lowest BCUT2D eigenvalue weighted by Crippen LogP contribution is -2.46. The molecule has 13 heteroatoms. The average molecular weight is 723 g/mol. The van der Waals surface area contributed by atoms with Gasteiger partial charge in [0.25, 0.3) is 5.56 Å². The number of hydrogen-bond donors (Lipinski definition) is 1. The van der Waals surface area contributed by atoms with Crippen molar-refractivity contribution in [2.75, 3.05) is 19.7 Å². The number of fused-ring (bicyclic) bond motifs is 2. The molecule has 4 heterocycles. The predicted octanol–water partition coefficient (Wildman–Crippen LogP) is 7.72. The van der Waals surface area contributed by atoms with Crippen LogP contribution < -0.4 is 10.3 Å². The number of piperidine rings is 1. The zero-order chi connectivity index (χ0) is 35.3. The van der Waals surface area contributed by atoms with E-state index in [1.807, 2.05) is 13.0 Å². The minimum Gasteiger partial charge on any atom is -0.491 e. The molecule has 0 bridgehead atoms. The van der Waals surface area contributed by atoms with Gasteiger partial charge in [0.2, 0.25) is 0 Å². The molecule has 8 nitrogen and oxygen atoms in total. The van der Waals surface area contributed by atoms with Gasteiger partial charge >= 0.3 is 5.97 Å². The van der Waals surface area contributed by atoms with Crippen LogP contribution in [0.2, 0.25) is 5.02 Å². The van der Waals surface area contributed by atoms with Gasteiger partial charge in [-0.3, -0.25) is 19.2 Å². The Morgan fingerprint density at radius 2 is 1.84 bits per heavy atom. The van der Waals surface area contributed by atoms with E-state index in [0.29, 0.717) is 88.5 Å². The van der Waals surface area contributed by atoms with E-state index >= 15 is 0 Å². The molecule has 0 unspecified atom stereocenters. The van der Waals surface area contributed by atoms with Gasteiger partial charge in [0, 0.05) is 44.9 Å². The quantitative estimate of drug-likeness (QED) is 0.164. The number of aryl methyl sites for hydroxylation is 3. The number of halogens is 4. The third-order valence-electron chi connectivity index (χ3n) is 9.89. The average Bonchev–Trinajstić information content (AvgIpc) is 3.52.